The van der Waals surface area contributed by atoms with Gasteiger partial charge in [0.25, 0.3) is 5.91 Å². The van der Waals surface area contributed by atoms with Crippen LogP contribution in [-0.2, 0) is 6.42 Å². The number of furan rings is 1. The number of aromatic carboxylic acids is 1. The van der Waals surface area contributed by atoms with Crippen LogP contribution in [0.15, 0.2) is 28.7 Å². The van der Waals surface area contributed by atoms with E-state index in [2.05, 4.69) is 5.32 Å². The minimum absolute atomic E-state index is 0.0121. The SMILES string of the molecule is CCc1oc(C(=O)NC2CCOc3c(Cl)cccc32)cc1C(=O)O. The second-order valence-corrected chi connectivity index (χ2v) is 5.83. The molecule has 2 N–H and O–H groups in total. The van der Waals surface area contributed by atoms with Gasteiger partial charge in [-0.05, 0) is 6.07 Å². The maximum absolute atomic E-state index is 12.4. The first-order valence-electron chi connectivity index (χ1n) is 7.59. The summed E-state index contributed by atoms with van der Waals surface area (Å²) in [5.74, 6) is -0.745. The zero-order valence-electron chi connectivity index (χ0n) is 13.0. The number of amides is 1. The van der Waals surface area contributed by atoms with Crippen molar-refractivity contribution in [2.24, 2.45) is 0 Å². The average Bonchev–Trinajstić information content (AvgIpc) is 3.00. The van der Waals surface area contributed by atoms with Gasteiger partial charge in [0.15, 0.2) is 5.76 Å². The van der Waals surface area contributed by atoms with Crippen LogP contribution in [0.25, 0.3) is 0 Å². The lowest BCUT2D eigenvalue weighted by molar-refractivity contribution is 0.0694. The van der Waals surface area contributed by atoms with Crippen LogP contribution in [0.5, 0.6) is 5.75 Å². The van der Waals surface area contributed by atoms with Crippen molar-refractivity contribution in [2.75, 3.05) is 6.61 Å². The molecule has 1 amide bonds. The zero-order chi connectivity index (χ0) is 17.3. The van der Waals surface area contributed by atoms with Gasteiger partial charge in [-0.15, -0.1) is 0 Å². The Kier molecular flexibility index (Phi) is 4.49. The van der Waals surface area contributed by atoms with E-state index in [0.29, 0.717) is 30.2 Å². The summed E-state index contributed by atoms with van der Waals surface area (Å²) in [6, 6.07) is 6.34. The summed E-state index contributed by atoms with van der Waals surface area (Å²) in [4.78, 5) is 23.6. The highest BCUT2D eigenvalue weighted by Crippen LogP contribution is 2.37. The Morgan fingerprint density at radius 1 is 1.42 bits per heavy atom. The van der Waals surface area contributed by atoms with Crippen molar-refractivity contribution < 1.29 is 23.8 Å². The van der Waals surface area contributed by atoms with E-state index in [1.165, 1.54) is 6.07 Å². The van der Waals surface area contributed by atoms with Gasteiger partial charge in [-0.25, -0.2) is 4.79 Å². The number of halogens is 1. The molecule has 0 aliphatic carbocycles. The monoisotopic (exact) mass is 349 g/mol. The maximum Gasteiger partial charge on any atom is 0.339 e. The molecular weight excluding hydrogens is 334 g/mol. The molecule has 0 fully saturated rings. The Bertz CT molecular complexity index is 798. The average molecular weight is 350 g/mol. The van der Waals surface area contributed by atoms with E-state index >= 15 is 0 Å². The molecule has 1 aliphatic heterocycles. The number of benzene rings is 1. The molecule has 1 aliphatic rings. The first-order chi connectivity index (χ1) is 11.5. The van der Waals surface area contributed by atoms with Crippen LogP contribution in [0, 0.1) is 0 Å². The summed E-state index contributed by atoms with van der Waals surface area (Å²) in [5.41, 5.74) is 0.806. The number of carboxylic acid groups (broad SMARTS) is 1. The summed E-state index contributed by atoms with van der Waals surface area (Å²) >= 11 is 6.12. The third kappa shape index (κ3) is 2.97. The molecule has 6 nitrogen and oxygen atoms in total. The van der Waals surface area contributed by atoms with Gasteiger partial charge in [0.2, 0.25) is 0 Å². The normalized spacial score (nSPS) is 16.2. The van der Waals surface area contributed by atoms with Gasteiger partial charge in [-0.1, -0.05) is 30.7 Å². The molecule has 7 heteroatoms. The third-order valence-corrected chi connectivity index (χ3v) is 4.21. The molecule has 1 aromatic carbocycles. The van der Waals surface area contributed by atoms with Crippen LogP contribution in [0.4, 0.5) is 0 Å². The second-order valence-electron chi connectivity index (χ2n) is 5.43. The quantitative estimate of drug-likeness (QED) is 0.882. The van der Waals surface area contributed by atoms with Gasteiger partial charge in [-0.2, -0.15) is 0 Å². The van der Waals surface area contributed by atoms with Crippen molar-refractivity contribution in [2.45, 2.75) is 25.8 Å². The van der Waals surface area contributed by atoms with Crippen molar-refractivity contribution in [3.05, 3.63) is 51.9 Å². The highest BCUT2D eigenvalue weighted by atomic mass is 35.5. The van der Waals surface area contributed by atoms with Crippen molar-refractivity contribution in [1.29, 1.82) is 0 Å². The number of aryl methyl sites for hydroxylation is 1. The second kappa shape index (κ2) is 6.57. The van der Waals surface area contributed by atoms with E-state index in [1.54, 1.807) is 19.1 Å². The van der Waals surface area contributed by atoms with E-state index in [-0.39, 0.29) is 23.1 Å². The van der Waals surface area contributed by atoms with Crippen LogP contribution < -0.4 is 10.1 Å². The molecule has 0 spiro atoms. The number of rotatable bonds is 4. The fourth-order valence-electron chi connectivity index (χ4n) is 2.75. The fourth-order valence-corrected chi connectivity index (χ4v) is 2.99. The van der Waals surface area contributed by atoms with Crippen LogP contribution in [-0.4, -0.2) is 23.6 Å². The van der Waals surface area contributed by atoms with Crippen LogP contribution in [0.3, 0.4) is 0 Å². The molecule has 1 atom stereocenters. The molecule has 0 radical (unpaired) electrons. The highest BCUT2D eigenvalue weighted by Gasteiger charge is 2.27. The minimum atomic E-state index is -1.11. The summed E-state index contributed by atoms with van der Waals surface area (Å²) in [7, 11) is 0. The smallest absolute Gasteiger partial charge is 0.339 e. The van der Waals surface area contributed by atoms with Gasteiger partial charge in [-0.3, -0.25) is 4.79 Å². The minimum Gasteiger partial charge on any atom is -0.492 e. The number of carbonyl (C=O) groups excluding carboxylic acids is 1. The number of carboxylic acids is 1. The van der Waals surface area contributed by atoms with Gasteiger partial charge in [0.05, 0.1) is 17.7 Å². The van der Waals surface area contributed by atoms with E-state index in [1.807, 2.05) is 6.07 Å². The summed E-state index contributed by atoms with van der Waals surface area (Å²) < 4.78 is 10.9. The summed E-state index contributed by atoms with van der Waals surface area (Å²) in [6.45, 7) is 2.20. The lowest BCUT2D eigenvalue weighted by Gasteiger charge is -2.27. The van der Waals surface area contributed by atoms with Crippen LogP contribution in [0.2, 0.25) is 5.02 Å². The van der Waals surface area contributed by atoms with Crippen molar-refractivity contribution in [3.8, 4) is 5.75 Å². The summed E-state index contributed by atoms with van der Waals surface area (Å²) in [6.07, 6.45) is 0.983. The molecule has 0 saturated carbocycles. The number of fused-ring (bicyclic) bond motifs is 1. The Balaban J connectivity index is 1.84. The fraction of sp³-hybridized carbons (Fsp3) is 0.294. The van der Waals surface area contributed by atoms with Gasteiger partial charge >= 0.3 is 5.97 Å². The Morgan fingerprint density at radius 2 is 2.21 bits per heavy atom. The Labute approximate surface area is 143 Å². The molecule has 0 saturated heterocycles. The molecule has 1 aromatic heterocycles. The standard InChI is InChI=1S/C17H16ClNO5/c1-2-13-10(17(21)22)8-14(24-13)16(20)19-12-6-7-23-15-9(12)4-3-5-11(15)18/h3-5,8,12H,2,6-7H2,1H3,(H,19,20)(H,21,22). The number of hydrogen-bond acceptors (Lipinski definition) is 4. The molecule has 2 aromatic rings. The van der Waals surface area contributed by atoms with Gasteiger partial charge in [0, 0.05) is 24.5 Å². The molecule has 24 heavy (non-hydrogen) atoms. The van der Waals surface area contributed by atoms with Gasteiger partial charge in [0.1, 0.15) is 17.1 Å². The predicted molar refractivity (Wildman–Crippen MR) is 86.8 cm³/mol. The molecule has 0 bridgehead atoms. The number of carbonyl (C=O) groups is 2. The van der Waals surface area contributed by atoms with E-state index in [0.717, 1.165) is 5.56 Å². The topological polar surface area (TPSA) is 88.8 Å². The first kappa shape index (κ1) is 16.4. The molecule has 126 valence electrons. The molecule has 3 rings (SSSR count). The molecule has 2 heterocycles. The van der Waals surface area contributed by atoms with Gasteiger partial charge < -0.3 is 19.6 Å². The Morgan fingerprint density at radius 3 is 2.88 bits per heavy atom. The maximum atomic E-state index is 12.4. The molecular formula is C17H16ClNO5. The van der Waals surface area contributed by atoms with Crippen molar-refractivity contribution in [1.82, 2.24) is 5.32 Å². The van der Waals surface area contributed by atoms with Crippen molar-refractivity contribution >= 4 is 23.5 Å². The number of para-hydroxylation sites is 1. The Hall–Kier alpha value is -2.47. The first-order valence-corrected chi connectivity index (χ1v) is 7.97. The third-order valence-electron chi connectivity index (χ3n) is 3.92. The number of hydrogen-bond donors (Lipinski definition) is 2. The summed E-state index contributed by atoms with van der Waals surface area (Å²) in [5, 5.41) is 12.5. The lowest BCUT2D eigenvalue weighted by atomic mass is 10.0. The van der Waals surface area contributed by atoms with E-state index in [4.69, 9.17) is 25.9 Å². The largest absolute Gasteiger partial charge is 0.492 e. The van der Waals surface area contributed by atoms with E-state index in [9.17, 15) is 9.59 Å². The highest BCUT2D eigenvalue weighted by molar-refractivity contribution is 6.32. The predicted octanol–water partition coefficient (Wildman–Crippen LogP) is 3.45. The zero-order valence-corrected chi connectivity index (χ0v) is 13.7. The molecule has 1 unspecified atom stereocenters. The lowest BCUT2D eigenvalue weighted by Crippen LogP contribution is -2.32. The van der Waals surface area contributed by atoms with Crippen LogP contribution in [0.1, 0.15) is 51.6 Å². The number of nitrogens with one attached hydrogen (secondary N) is 1. The number of ether oxygens (including phenoxy) is 1. The van der Waals surface area contributed by atoms with Crippen molar-refractivity contribution in [3.63, 3.8) is 0 Å². The van der Waals surface area contributed by atoms with Crippen LogP contribution >= 0.6 is 11.6 Å². The van der Waals surface area contributed by atoms with E-state index < -0.39 is 11.9 Å².